The van der Waals surface area contributed by atoms with Crippen LogP contribution in [0.1, 0.15) is 5.56 Å². The number of nitrogens with zero attached hydrogens (tertiary/aromatic N) is 1. The molecular weight excluding hydrogens is 220 g/mol. The molecule has 0 aromatic carbocycles. The van der Waals surface area contributed by atoms with Gasteiger partial charge < -0.3 is 10.4 Å². The predicted molar refractivity (Wildman–Crippen MR) is 50.7 cm³/mol. The number of hydrogen-bond acceptors (Lipinski definition) is 3. The summed E-state index contributed by atoms with van der Waals surface area (Å²) < 4.78 is 0.978. The molecule has 1 aromatic heterocycles. The van der Waals surface area contributed by atoms with Gasteiger partial charge in [-0.05, 0) is 27.6 Å². The van der Waals surface area contributed by atoms with Crippen LogP contribution in [-0.4, -0.2) is 23.2 Å². The molecule has 1 rings (SSSR count). The number of hydrogen-bond donors (Lipinski definition) is 2. The van der Waals surface area contributed by atoms with Crippen molar-refractivity contribution in [3.63, 3.8) is 0 Å². The molecule has 3 nitrogen and oxygen atoms in total. The maximum absolute atomic E-state index is 8.51. The van der Waals surface area contributed by atoms with Gasteiger partial charge in [0.25, 0.3) is 0 Å². The lowest BCUT2D eigenvalue weighted by Gasteiger charge is -2.01. The number of rotatable bonds is 4. The first-order valence-corrected chi connectivity index (χ1v) is 4.53. The Hall–Kier alpha value is -0.450. The van der Waals surface area contributed by atoms with E-state index >= 15 is 0 Å². The van der Waals surface area contributed by atoms with Crippen LogP contribution < -0.4 is 5.32 Å². The van der Waals surface area contributed by atoms with Gasteiger partial charge in [0.15, 0.2) is 0 Å². The van der Waals surface area contributed by atoms with Crippen molar-refractivity contribution < 1.29 is 5.11 Å². The highest BCUT2D eigenvalue weighted by molar-refractivity contribution is 9.10. The van der Waals surface area contributed by atoms with Crippen LogP contribution in [0.25, 0.3) is 0 Å². The minimum absolute atomic E-state index is 0.168. The molecular formula is C8H11BrN2O. The van der Waals surface area contributed by atoms with E-state index in [1.807, 2.05) is 6.07 Å². The van der Waals surface area contributed by atoms with Gasteiger partial charge in [-0.15, -0.1) is 0 Å². The van der Waals surface area contributed by atoms with Crippen LogP contribution in [-0.2, 0) is 6.54 Å². The standard InChI is InChI=1S/C8H11BrN2O/c9-8-3-7(5-11-6-8)4-10-1-2-12/h3,5-6,10,12H,1-2,4H2. The second kappa shape index (κ2) is 5.24. The summed E-state index contributed by atoms with van der Waals surface area (Å²) in [5, 5.41) is 11.6. The molecule has 0 spiro atoms. The smallest absolute Gasteiger partial charge is 0.0556 e. The van der Waals surface area contributed by atoms with Gasteiger partial charge in [-0.3, -0.25) is 4.98 Å². The van der Waals surface area contributed by atoms with E-state index in [0.717, 1.165) is 16.6 Å². The molecule has 0 atom stereocenters. The van der Waals surface area contributed by atoms with Gasteiger partial charge in [0, 0.05) is 30.0 Å². The molecule has 0 radical (unpaired) electrons. The first kappa shape index (κ1) is 9.64. The Morgan fingerprint density at radius 1 is 1.50 bits per heavy atom. The van der Waals surface area contributed by atoms with E-state index in [0.29, 0.717) is 6.54 Å². The number of nitrogens with one attached hydrogen (secondary N) is 1. The van der Waals surface area contributed by atoms with E-state index in [9.17, 15) is 0 Å². The van der Waals surface area contributed by atoms with E-state index in [1.54, 1.807) is 12.4 Å². The van der Waals surface area contributed by atoms with Crippen molar-refractivity contribution in [2.75, 3.05) is 13.2 Å². The highest BCUT2D eigenvalue weighted by atomic mass is 79.9. The van der Waals surface area contributed by atoms with Crippen LogP contribution >= 0.6 is 15.9 Å². The zero-order valence-electron chi connectivity index (χ0n) is 6.63. The highest BCUT2D eigenvalue weighted by Gasteiger charge is 1.93. The molecule has 2 N–H and O–H groups in total. The van der Waals surface area contributed by atoms with E-state index in [-0.39, 0.29) is 6.61 Å². The van der Waals surface area contributed by atoms with Gasteiger partial charge in [-0.1, -0.05) is 0 Å². The Morgan fingerprint density at radius 3 is 3.00 bits per heavy atom. The number of aliphatic hydroxyl groups is 1. The molecule has 0 aliphatic heterocycles. The number of aromatic nitrogens is 1. The van der Waals surface area contributed by atoms with Crippen LogP contribution in [0, 0.1) is 0 Å². The topological polar surface area (TPSA) is 45.1 Å². The van der Waals surface area contributed by atoms with Crippen molar-refractivity contribution in [1.29, 1.82) is 0 Å². The lowest BCUT2D eigenvalue weighted by Crippen LogP contribution is -2.17. The largest absolute Gasteiger partial charge is 0.395 e. The lowest BCUT2D eigenvalue weighted by atomic mass is 10.3. The number of pyridine rings is 1. The Bertz CT molecular complexity index is 242. The van der Waals surface area contributed by atoms with Crippen LogP contribution in [0.4, 0.5) is 0 Å². The van der Waals surface area contributed by atoms with Crippen LogP contribution in [0.3, 0.4) is 0 Å². The fraction of sp³-hybridized carbons (Fsp3) is 0.375. The molecule has 0 fully saturated rings. The molecule has 12 heavy (non-hydrogen) atoms. The first-order chi connectivity index (χ1) is 5.83. The minimum Gasteiger partial charge on any atom is -0.395 e. The van der Waals surface area contributed by atoms with Gasteiger partial charge in [-0.25, -0.2) is 0 Å². The SMILES string of the molecule is OCCNCc1cncc(Br)c1. The van der Waals surface area contributed by atoms with E-state index in [4.69, 9.17) is 5.11 Å². The normalized spacial score (nSPS) is 10.2. The zero-order valence-corrected chi connectivity index (χ0v) is 8.21. The highest BCUT2D eigenvalue weighted by Crippen LogP contribution is 2.08. The summed E-state index contributed by atoms with van der Waals surface area (Å²) in [6, 6.07) is 2.00. The monoisotopic (exact) mass is 230 g/mol. The summed E-state index contributed by atoms with van der Waals surface area (Å²) in [7, 11) is 0. The third kappa shape index (κ3) is 3.30. The fourth-order valence-corrected chi connectivity index (χ4v) is 1.28. The van der Waals surface area contributed by atoms with E-state index in [1.165, 1.54) is 0 Å². The van der Waals surface area contributed by atoms with Gasteiger partial charge in [0.05, 0.1) is 6.61 Å². The second-order valence-electron chi connectivity index (χ2n) is 2.41. The summed E-state index contributed by atoms with van der Waals surface area (Å²) >= 11 is 3.33. The molecule has 0 amide bonds. The number of halogens is 1. The average Bonchev–Trinajstić information content (AvgIpc) is 2.05. The van der Waals surface area contributed by atoms with Crippen molar-refractivity contribution in [2.45, 2.75) is 6.54 Å². The maximum atomic E-state index is 8.51. The molecule has 1 heterocycles. The summed E-state index contributed by atoms with van der Waals surface area (Å²) in [5.41, 5.74) is 1.11. The van der Waals surface area contributed by atoms with Gasteiger partial charge >= 0.3 is 0 Å². The summed E-state index contributed by atoms with van der Waals surface area (Å²) in [5.74, 6) is 0. The first-order valence-electron chi connectivity index (χ1n) is 3.74. The molecule has 0 unspecified atom stereocenters. The molecule has 0 bridgehead atoms. The Morgan fingerprint density at radius 2 is 2.33 bits per heavy atom. The van der Waals surface area contributed by atoms with Crippen molar-refractivity contribution in [2.24, 2.45) is 0 Å². The molecule has 0 aliphatic carbocycles. The fourth-order valence-electron chi connectivity index (χ4n) is 0.864. The van der Waals surface area contributed by atoms with E-state index < -0.39 is 0 Å². The maximum Gasteiger partial charge on any atom is 0.0556 e. The van der Waals surface area contributed by atoms with Gasteiger partial charge in [0.2, 0.25) is 0 Å². The Balaban J connectivity index is 2.41. The molecule has 66 valence electrons. The molecule has 4 heteroatoms. The zero-order chi connectivity index (χ0) is 8.81. The molecule has 0 saturated carbocycles. The minimum atomic E-state index is 0.168. The van der Waals surface area contributed by atoms with Crippen LogP contribution in [0.15, 0.2) is 22.9 Å². The Kier molecular flexibility index (Phi) is 4.21. The third-order valence-corrected chi connectivity index (χ3v) is 1.81. The van der Waals surface area contributed by atoms with E-state index in [2.05, 4.69) is 26.2 Å². The van der Waals surface area contributed by atoms with Crippen LogP contribution in [0.5, 0.6) is 0 Å². The second-order valence-corrected chi connectivity index (χ2v) is 3.33. The summed E-state index contributed by atoms with van der Waals surface area (Å²) in [4.78, 5) is 4.01. The Labute approximate surface area is 80.0 Å². The molecule has 1 aromatic rings. The quantitative estimate of drug-likeness (QED) is 0.757. The number of aliphatic hydroxyl groups excluding tert-OH is 1. The third-order valence-electron chi connectivity index (χ3n) is 1.38. The van der Waals surface area contributed by atoms with Crippen molar-refractivity contribution >= 4 is 15.9 Å². The average molecular weight is 231 g/mol. The van der Waals surface area contributed by atoms with Gasteiger partial charge in [-0.2, -0.15) is 0 Å². The lowest BCUT2D eigenvalue weighted by molar-refractivity contribution is 0.292. The van der Waals surface area contributed by atoms with Crippen molar-refractivity contribution in [3.8, 4) is 0 Å². The van der Waals surface area contributed by atoms with Crippen LogP contribution in [0.2, 0.25) is 0 Å². The summed E-state index contributed by atoms with van der Waals surface area (Å²) in [6.45, 7) is 1.53. The summed E-state index contributed by atoms with van der Waals surface area (Å²) in [6.07, 6.45) is 3.55. The molecule has 0 aliphatic rings. The van der Waals surface area contributed by atoms with Crippen molar-refractivity contribution in [3.05, 3.63) is 28.5 Å². The molecule has 0 saturated heterocycles. The van der Waals surface area contributed by atoms with Crippen molar-refractivity contribution in [1.82, 2.24) is 10.3 Å². The van der Waals surface area contributed by atoms with Gasteiger partial charge in [0.1, 0.15) is 0 Å². The predicted octanol–water partition coefficient (Wildman–Crippen LogP) is 0.926.